The first-order chi connectivity index (χ1) is 19.6. The van der Waals surface area contributed by atoms with Gasteiger partial charge in [0.25, 0.3) is 10.2 Å². The van der Waals surface area contributed by atoms with Crippen LogP contribution in [0, 0.1) is 33.1 Å². The molecule has 2 aromatic rings. The van der Waals surface area contributed by atoms with E-state index >= 15 is 0 Å². The molecule has 16 heteroatoms. The summed E-state index contributed by atoms with van der Waals surface area (Å²) in [7, 11) is 0. The highest BCUT2D eigenvalue weighted by Crippen LogP contribution is 2.41. The fourth-order valence-corrected chi connectivity index (χ4v) is 5.58. The summed E-state index contributed by atoms with van der Waals surface area (Å²) in [6.07, 6.45) is -1.89. The number of halogens is 1. The van der Waals surface area contributed by atoms with Gasteiger partial charge < -0.3 is 28.9 Å². The molecule has 0 radical (unpaired) electrons. The van der Waals surface area contributed by atoms with Gasteiger partial charge in [-0.25, -0.2) is 4.79 Å². The van der Waals surface area contributed by atoms with Crippen LogP contribution < -0.4 is 4.74 Å². The summed E-state index contributed by atoms with van der Waals surface area (Å²) in [5.41, 5.74) is 2.96. The second kappa shape index (κ2) is 11.7. The zero-order chi connectivity index (χ0) is 29.3. The molecule has 218 valence electrons. The van der Waals surface area contributed by atoms with E-state index in [4.69, 9.17) is 21.1 Å². The first kappa shape index (κ1) is 28.3. The first-order valence-corrected chi connectivity index (χ1v) is 13.2. The molecular formula is C25H26ClN5O10. The van der Waals surface area contributed by atoms with Gasteiger partial charge in [-0.05, 0) is 37.5 Å². The third-order valence-corrected chi connectivity index (χ3v) is 7.73. The van der Waals surface area contributed by atoms with Crippen LogP contribution in [-0.4, -0.2) is 75.3 Å². The third-order valence-electron chi connectivity index (χ3n) is 7.48. The van der Waals surface area contributed by atoms with Crippen LogP contribution in [0.5, 0.6) is 5.75 Å². The number of ether oxygens (including phenoxy) is 2. The lowest BCUT2D eigenvalue weighted by Gasteiger charge is -2.35. The predicted octanol–water partition coefficient (Wildman–Crippen LogP) is 2.87. The maximum atomic E-state index is 13.1. The van der Waals surface area contributed by atoms with Crippen LogP contribution in [0.25, 0.3) is 0 Å². The number of carbonyl (C=O) groups is 2. The maximum absolute atomic E-state index is 13.1. The molecule has 1 aliphatic carbocycles. The molecule has 5 rings (SSSR count). The molecule has 0 spiro atoms. The quantitative estimate of drug-likeness (QED) is 0.341. The minimum atomic E-state index is -1.23. The van der Waals surface area contributed by atoms with Gasteiger partial charge in [0.05, 0.1) is 12.3 Å². The number of nitrogens with zero attached hydrogens (tertiary/aromatic N) is 5. The number of pyridine rings is 1. The van der Waals surface area contributed by atoms with Crippen molar-refractivity contribution >= 4 is 23.6 Å². The smallest absolute Gasteiger partial charge is 0.408 e. The normalized spacial score (nSPS) is 23.6. The monoisotopic (exact) mass is 591 g/mol. The largest absolute Gasteiger partial charge is 0.415 e. The summed E-state index contributed by atoms with van der Waals surface area (Å²) in [6, 6.07) is 7.28. The number of carbonyl (C=O) groups excluding carboxylic acids is 2. The Hall–Kier alpha value is -4.24. The van der Waals surface area contributed by atoms with Crippen molar-refractivity contribution in [2.45, 2.75) is 44.7 Å². The topological polar surface area (TPSA) is 177 Å². The number of hydrogen-bond donors (Lipinski definition) is 0. The van der Waals surface area contributed by atoms with E-state index in [0.717, 1.165) is 16.7 Å². The van der Waals surface area contributed by atoms with Gasteiger partial charge in [-0.2, -0.15) is 0 Å². The second-order valence-electron chi connectivity index (χ2n) is 9.93. The van der Waals surface area contributed by atoms with E-state index in [9.17, 15) is 29.8 Å². The molecule has 2 fully saturated rings. The van der Waals surface area contributed by atoms with Crippen molar-refractivity contribution in [2.24, 2.45) is 5.92 Å². The van der Waals surface area contributed by atoms with E-state index in [0.29, 0.717) is 16.5 Å². The molecule has 15 nitrogen and oxygen atoms in total. The highest BCUT2D eigenvalue weighted by molar-refractivity contribution is 6.30. The Labute approximate surface area is 238 Å². The fourth-order valence-electron chi connectivity index (χ4n) is 5.46. The molecule has 2 unspecified atom stereocenters. The van der Waals surface area contributed by atoms with E-state index in [1.54, 1.807) is 25.3 Å². The number of fused-ring (bicyclic) bond motifs is 1. The number of hydrogen-bond acceptors (Lipinski definition) is 11. The van der Waals surface area contributed by atoms with Crippen molar-refractivity contribution in [1.29, 1.82) is 0 Å². The summed E-state index contributed by atoms with van der Waals surface area (Å²) >= 11 is 6.01. The van der Waals surface area contributed by atoms with Crippen molar-refractivity contribution in [1.82, 2.24) is 14.8 Å². The molecule has 4 atom stereocenters. The first-order valence-electron chi connectivity index (χ1n) is 12.8. The molecule has 1 aromatic carbocycles. The Morgan fingerprint density at radius 2 is 1.59 bits per heavy atom. The average Bonchev–Trinajstić information content (AvgIpc) is 3.54. The van der Waals surface area contributed by atoms with E-state index in [2.05, 4.69) is 14.7 Å². The second-order valence-corrected chi connectivity index (χ2v) is 10.4. The Kier molecular flexibility index (Phi) is 8.08. The third kappa shape index (κ3) is 6.10. The number of rotatable bonds is 7. The summed E-state index contributed by atoms with van der Waals surface area (Å²) < 4.78 is 11.8. The van der Waals surface area contributed by atoms with Gasteiger partial charge in [0.2, 0.25) is 5.91 Å². The summed E-state index contributed by atoms with van der Waals surface area (Å²) in [6.45, 7) is 2.73. The van der Waals surface area contributed by atoms with Crippen LogP contribution in [0.4, 0.5) is 4.79 Å². The lowest BCUT2D eigenvalue weighted by Crippen LogP contribution is -2.52. The minimum absolute atomic E-state index is 0.0922. The zero-order valence-corrected chi connectivity index (χ0v) is 22.6. The number of piperazine rings is 1. The van der Waals surface area contributed by atoms with Crippen LogP contribution in [0.1, 0.15) is 41.3 Å². The van der Waals surface area contributed by atoms with Crippen molar-refractivity contribution in [3.05, 3.63) is 78.1 Å². The molecule has 1 aromatic heterocycles. The van der Waals surface area contributed by atoms with Crippen LogP contribution in [-0.2, 0) is 25.8 Å². The average molecular weight is 592 g/mol. The molecule has 41 heavy (non-hydrogen) atoms. The van der Waals surface area contributed by atoms with Gasteiger partial charge >= 0.3 is 6.09 Å². The standard InChI is InChI=1S/C25H26ClN5O10/c1-14-22(19-13-38-23(18(19)12-27-14)15-2-4-17(26)5-3-15)39-25(33)29-8-6-28(7-9-29)24(32)16-10-20(40-30(34)35)21(11-16)41-31(36)37/h2-5,12,16,20-21,23H,6-11,13H2,1H3/t16?,20-,21+,23?. The Morgan fingerprint density at radius 3 is 2.17 bits per heavy atom. The Bertz CT molecular complexity index is 1330. The molecule has 0 N–H and O–H groups in total. The zero-order valence-electron chi connectivity index (χ0n) is 21.8. The van der Waals surface area contributed by atoms with Crippen molar-refractivity contribution in [3.63, 3.8) is 0 Å². The molecule has 2 aliphatic heterocycles. The van der Waals surface area contributed by atoms with Gasteiger partial charge in [0.15, 0.2) is 5.75 Å². The molecule has 1 saturated carbocycles. The van der Waals surface area contributed by atoms with E-state index in [1.807, 2.05) is 12.1 Å². The molecule has 3 aliphatic rings. The molecule has 1 saturated heterocycles. The van der Waals surface area contributed by atoms with Gasteiger partial charge in [-0.3, -0.25) is 9.78 Å². The van der Waals surface area contributed by atoms with Gasteiger partial charge in [0.1, 0.15) is 18.3 Å². The van der Waals surface area contributed by atoms with E-state index in [-0.39, 0.29) is 57.6 Å². The fraction of sp³-hybridized carbons (Fsp3) is 0.480. The van der Waals surface area contributed by atoms with Crippen LogP contribution in [0.2, 0.25) is 5.02 Å². The minimum Gasteiger partial charge on any atom is -0.408 e. The number of benzene rings is 1. The number of aryl methyl sites for hydroxylation is 1. The summed E-state index contributed by atoms with van der Waals surface area (Å²) in [5.74, 6) is -0.754. The van der Waals surface area contributed by atoms with Gasteiger partial charge in [0, 0.05) is 54.4 Å². The van der Waals surface area contributed by atoms with Gasteiger partial charge in [-0.15, -0.1) is 20.2 Å². The molecular weight excluding hydrogens is 566 g/mol. The summed E-state index contributed by atoms with van der Waals surface area (Å²) in [5, 5.41) is 20.0. The van der Waals surface area contributed by atoms with Crippen LogP contribution in [0.3, 0.4) is 0 Å². The lowest BCUT2D eigenvalue weighted by atomic mass is 10.0. The van der Waals surface area contributed by atoms with E-state index < -0.39 is 34.4 Å². The van der Waals surface area contributed by atoms with Crippen molar-refractivity contribution in [3.8, 4) is 5.75 Å². The lowest BCUT2D eigenvalue weighted by molar-refractivity contribution is -0.797. The van der Waals surface area contributed by atoms with Crippen molar-refractivity contribution < 1.29 is 38.9 Å². The Morgan fingerprint density at radius 1 is 1.00 bits per heavy atom. The number of amides is 2. The Balaban J connectivity index is 1.19. The molecule has 3 heterocycles. The number of aromatic nitrogens is 1. The predicted molar refractivity (Wildman–Crippen MR) is 138 cm³/mol. The molecule has 0 bridgehead atoms. The van der Waals surface area contributed by atoms with Crippen LogP contribution >= 0.6 is 11.6 Å². The van der Waals surface area contributed by atoms with Crippen LogP contribution in [0.15, 0.2) is 30.5 Å². The van der Waals surface area contributed by atoms with Crippen molar-refractivity contribution in [2.75, 3.05) is 26.2 Å². The maximum Gasteiger partial charge on any atom is 0.415 e. The summed E-state index contributed by atoms with van der Waals surface area (Å²) in [4.78, 5) is 64.1. The van der Waals surface area contributed by atoms with Gasteiger partial charge in [-0.1, -0.05) is 23.7 Å². The SMILES string of the molecule is Cc1ncc2c(c1OC(=O)N1CCN(C(=O)C3C[C@H](O[N+](=O)[O-])[C@H](O[N+](=O)[O-])C3)CC1)COC2c1ccc(Cl)cc1. The van der Waals surface area contributed by atoms with E-state index in [1.165, 1.54) is 9.80 Å². The highest BCUT2D eigenvalue weighted by Gasteiger charge is 2.44. The highest BCUT2D eigenvalue weighted by atomic mass is 35.5. The molecule has 2 amide bonds.